The van der Waals surface area contributed by atoms with Crippen molar-refractivity contribution in [2.75, 3.05) is 62.8 Å². The van der Waals surface area contributed by atoms with E-state index in [2.05, 4.69) is 27.9 Å². The van der Waals surface area contributed by atoms with Crippen molar-refractivity contribution in [2.24, 2.45) is 0 Å². The monoisotopic (exact) mass is 491 g/mol. The van der Waals surface area contributed by atoms with E-state index in [4.69, 9.17) is 19.4 Å². The lowest BCUT2D eigenvalue weighted by Crippen LogP contribution is -2.49. The Kier molecular flexibility index (Phi) is 6.22. The fourth-order valence-electron chi connectivity index (χ4n) is 5.40. The molecule has 3 aromatic rings. The molecule has 0 spiro atoms. The Balaban J connectivity index is 1.51. The zero-order chi connectivity index (χ0) is 24.6. The van der Waals surface area contributed by atoms with Crippen molar-refractivity contribution in [1.29, 1.82) is 0 Å². The smallest absolute Gasteiger partial charge is 0.241 e. The SMILES string of the molecule is C[C@@H]1COCCN1c1cc(N2CCN(C)C(=O)C2)c2ccnc(-c3ccnn3C3CCCCO3)c2n1. The molecule has 3 aromatic heterocycles. The van der Waals surface area contributed by atoms with Crippen LogP contribution in [-0.4, -0.2) is 89.6 Å². The summed E-state index contributed by atoms with van der Waals surface area (Å²) in [6, 6.07) is 6.33. The third-order valence-corrected chi connectivity index (χ3v) is 7.49. The molecule has 0 bridgehead atoms. The minimum Gasteiger partial charge on any atom is -0.377 e. The van der Waals surface area contributed by atoms with Gasteiger partial charge in [-0.15, -0.1) is 0 Å². The summed E-state index contributed by atoms with van der Waals surface area (Å²) in [5.41, 5.74) is 3.50. The standard InChI is InChI=1S/C26H33N7O3/c1-18-17-35-14-12-32(18)22-15-21(31-11-10-30(2)23(34)16-31)19-6-8-27-26(25(19)29-22)20-7-9-28-33(20)24-5-3-4-13-36-24/h6-9,15,18,24H,3-5,10-14,16-17H2,1-2H3/t18-,24?/m1/s1. The van der Waals surface area contributed by atoms with Gasteiger partial charge in [0.05, 0.1) is 37.2 Å². The number of nitrogens with zero attached hydrogens (tertiary/aromatic N) is 7. The number of anilines is 2. The number of carbonyl (C=O) groups excluding carboxylic acids is 1. The van der Waals surface area contributed by atoms with Gasteiger partial charge in [0.15, 0.2) is 6.23 Å². The van der Waals surface area contributed by atoms with Crippen molar-refractivity contribution >= 4 is 28.3 Å². The molecule has 10 nitrogen and oxygen atoms in total. The lowest BCUT2D eigenvalue weighted by atomic mass is 10.1. The van der Waals surface area contributed by atoms with Crippen molar-refractivity contribution in [3.63, 3.8) is 0 Å². The molecule has 3 fully saturated rings. The van der Waals surface area contributed by atoms with Crippen LogP contribution >= 0.6 is 0 Å². The summed E-state index contributed by atoms with van der Waals surface area (Å²) >= 11 is 0. The molecule has 10 heteroatoms. The summed E-state index contributed by atoms with van der Waals surface area (Å²) in [6.07, 6.45) is 6.66. The molecule has 2 atom stereocenters. The van der Waals surface area contributed by atoms with E-state index in [0.717, 1.165) is 72.8 Å². The van der Waals surface area contributed by atoms with E-state index in [0.29, 0.717) is 26.3 Å². The van der Waals surface area contributed by atoms with Crippen LogP contribution in [0.2, 0.25) is 0 Å². The van der Waals surface area contributed by atoms with Crippen LogP contribution in [0.4, 0.5) is 11.5 Å². The Morgan fingerprint density at radius 3 is 2.81 bits per heavy atom. The van der Waals surface area contributed by atoms with Gasteiger partial charge in [-0.1, -0.05) is 0 Å². The van der Waals surface area contributed by atoms with Crippen LogP contribution in [0.1, 0.15) is 32.4 Å². The quantitative estimate of drug-likeness (QED) is 0.551. The number of likely N-dealkylation sites (N-methyl/N-ethyl adjacent to an activating group) is 1. The van der Waals surface area contributed by atoms with E-state index in [-0.39, 0.29) is 18.2 Å². The molecule has 0 N–H and O–H groups in total. The molecule has 6 heterocycles. The largest absolute Gasteiger partial charge is 0.377 e. The second-order valence-electron chi connectivity index (χ2n) is 9.89. The first-order chi connectivity index (χ1) is 17.6. The predicted octanol–water partition coefficient (Wildman–Crippen LogP) is 2.70. The summed E-state index contributed by atoms with van der Waals surface area (Å²) in [5.74, 6) is 1.00. The van der Waals surface area contributed by atoms with E-state index >= 15 is 0 Å². The van der Waals surface area contributed by atoms with Crippen molar-refractivity contribution in [3.8, 4) is 11.4 Å². The molecule has 3 aliphatic heterocycles. The van der Waals surface area contributed by atoms with Gasteiger partial charge in [0, 0.05) is 57.1 Å². The van der Waals surface area contributed by atoms with E-state index in [1.807, 2.05) is 36.3 Å². The van der Waals surface area contributed by atoms with Gasteiger partial charge in [-0.05, 0) is 38.3 Å². The second-order valence-corrected chi connectivity index (χ2v) is 9.89. The maximum absolute atomic E-state index is 12.6. The summed E-state index contributed by atoms with van der Waals surface area (Å²) < 4.78 is 13.7. The first-order valence-corrected chi connectivity index (χ1v) is 12.9. The molecule has 0 aliphatic carbocycles. The molecule has 3 aliphatic rings. The molecule has 36 heavy (non-hydrogen) atoms. The van der Waals surface area contributed by atoms with Crippen LogP contribution < -0.4 is 9.80 Å². The fourth-order valence-corrected chi connectivity index (χ4v) is 5.40. The van der Waals surface area contributed by atoms with Crippen LogP contribution in [0.5, 0.6) is 0 Å². The number of pyridine rings is 2. The number of carbonyl (C=O) groups is 1. The number of aromatic nitrogens is 4. The van der Waals surface area contributed by atoms with Gasteiger partial charge in [-0.2, -0.15) is 5.10 Å². The second kappa shape index (κ2) is 9.67. The molecule has 3 saturated heterocycles. The highest BCUT2D eigenvalue weighted by molar-refractivity contribution is 6.01. The molecule has 1 amide bonds. The number of fused-ring (bicyclic) bond motifs is 1. The number of morpholine rings is 1. The number of ether oxygens (including phenoxy) is 2. The van der Waals surface area contributed by atoms with Gasteiger partial charge < -0.3 is 24.2 Å². The normalized spacial score (nSPS) is 23.5. The zero-order valence-electron chi connectivity index (χ0n) is 21.0. The van der Waals surface area contributed by atoms with Crippen LogP contribution in [0.3, 0.4) is 0 Å². The van der Waals surface area contributed by atoms with Crippen molar-refractivity contribution in [2.45, 2.75) is 38.5 Å². The first kappa shape index (κ1) is 23.2. The fraction of sp³-hybridized carbons (Fsp3) is 0.538. The highest BCUT2D eigenvalue weighted by atomic mass is 16.5. The number of hydrogen-bond acceptors (Lipinski definition) is 8. The minimum absolute atomic E-state index is 0.0991. The summed E-state index contributed by atoms with van der Waals surface area (Å²) in [6.45, 7) is 6.80. The number of hydrogen-bond donors (Lipinski definition) is 0. The first-order valence-electron chi connectivity index (χ1n) is 12.9. The summed E-state index contributed by atoms with van der Waals surface area (Å²) in [4.78, 5) is 28.9. The Hall–Kier alpha value is -3.24. The van der Waals surface area contributed by atoms with Crippen LogP contribution in [0.25, 0.3) is 22.3 Å². The van der Waals surface area contributed by atoms with Gasteiger partial charge in [-0.3, -0.25) is 9.78 Å². The molecular formula is C26H33N7O3. The number of rotatable bonds is 4. The van der Waals surface area contributed by atoms with Crippen LogP contribution in [0, 0.1) is 0 Å². The van der Waals surface area contributed by atoms with E-state index in [9.17, 15) is 4.79 Å². The average Bonchev–Trinajstić information content (AvgIpc) is 3.40. The molecule has 190 valence electrons. The third-order valence-electron chi connectivity index (χ3n) is 7.49. The predicted molar refractivity (Wildman–Crippen MR) is 137 cm³/mol. The molecular weight excluding hydrogens is 458 g/mol. The van der Waals surface area contributed by atoms with Crippen LogP contribution in [0.15, 0.2) is 30.6 Å². The number of piperazine rings is 1. The lowest BCUT2D eigenvalue weighted by Gasteiger charge is -2.37. The van der Waals surface area contributed by atoms with E-state index in [1.54, 1.807) is 4.90 Å². The topological polar surface area (TPSA) is 88.9 Å². The Bertz CT molecular complexity index is 1260. The number of amides is 1. The van der Waals surface area contributed by atoms with Gasteiger partial charge in [0.2, 0.25) is 5.91 Å². The minimum atomic E-state index is -0.0991. The Morgan fingerprint density at radius 1 is 1.08 bits per heavy atom. The molecule has 6 rings (SSSR count). The molecule has 0 aromatic carbocycles. The van der Waals surface area contributed by atoms with E-state index in [1.165, 1.54) is 0 Å². The maximum atomic E-state index is 12.6. The van der Waals surface area contributed by atoms with Gasteiger partial charge in [-0.25, -0.2) is 9.67 Å². The third kappa shape index (κ3) is 4.18. The lowest BCUT2D eigenvalue weighted by molar-refractivity contribution is -0.129. The van der Waals surface area contributed by atoms with Gasteiger partial charge in [0.25, 0.3) is 0 Å². The Morgan fingerprint density at radius 2 is 2.00 bits per heavy atom. The molecule has 0 saturated carbocycles. The summed E-state index contributed by atoms with van der Waals surface area (Å²) in [7, 11) is 1.86. The molecule has 0 radical (unpaired) electrons. The highest BCUT2D eigenvalue weighted by Crippen LogP contribution is 2.37. The Labute approximate surface area is 210 Å². The van der Waals surface area contributed by atoms with Crippen molar-refractivity contribution in [1.82, 2.24) is 24.6 Å². The van der Waals surface area contributed by atoms with Crippen LogP contribution in [-0.2, 0) is 14.3 Å². The highest BCUT2D eigenvalue weighted by Gasteiger charge is 2.28. The van der Waals surface area contributed by atoms with Gasteiger partial charge in [0.1, 0.15) is 17.0 Å². The van der Waals surface area contributed by atoms with Crippen molar-refractivity contribution in [3.05, 3.63) is 30.6 Å². The van der Waals surface area contributed by atoms with E-state index < -0.39 is 0 Å². The zero-order valence-corrected chi connectivity index (χ0v) is 21.0. The molecule has 1 unspecified atom stereocenters. The summed E-state index contributed by atoms with van der Waals surface area (Å²) in [5, 5.41) is 5.60. The average molecular weight is 492 g/mol. The van der Waals surface area contributed by atoms with Gasteiger partial charge >= 0.3 is 0 Å². The maximum Gasteiger partial charge on any atom is 0.241 e. The van der Waals surface area contributed by atoms with Crippen molar-refractivity contribution < 1.29 is 14.3 Å².